The van der Waals surface area contributed by atoms with E-state index in [1.165, 1.54) is 0 Å². The van der Waals surface area contributed by atoms with Crippen LogP contribution < -0.4 is 10.6 Å². The summed E-state index contributed by atoms with van der Waals surface area (Å²) in [7, 11) is 0. The van der Waals surface area contributed by atoms with Gasteiger partial charge in [0.05, 0.1) is 13.1 Å². The van der Waals surface area contributed by atoms with E-state index < -0.39 is 0 Å². The standard InChI is InChI=1S/C19H21ClN4O.HI/c1-3-21-19(23-11-14-8-9-18(20)22-10-14)24-12-17-13(2)15-6-4-5-7-16(15)25-17;/h4-10H,3,11-12H2,1-2H3,(H2,21,23,24);1H. The van der Waals surface area contributed by atoms with Crippen LogP contribution in [-0.2, 0) is 13.1 Å². The maximum absolute atomic E-state index is 5.93. The molecule has 0 saturated carbocycles. The van der Waals surface area contributed by atoms with Gasteiger partial charge in [-0.3, -0.25) is 0 Å². The Morgan fingerprint density at radius 1 is 1.19 bits per heavy atom. The number of halogens is 2. The van der Waals surface area contributed by atoms with Crippen LogP contribution in [0.3, 0.4) is 0 Å². The van der Waals surface area contributed by atoms with E-state index in [1.807, 2.05) is 31.2 Å². The fourth-order valence-electron chi connectivity index (χ4n) is 2.57. The fraction of sp³-hybridized carbons (Fsp3) is 0.263. The topological polar surface area (TPSA) is 62.5 Å². The number of rotatable bonds is 5. The Labute approximate surface area is 175 Å². The van der Waals surface area contributed by atoms with Crippen LogP contribution in [0.5, 0.6) is 0 Å². The SMILES string of the molecule is CCNC(=NCc1ccc(Cl)nc1)NCc1oc2ccccc2c1C.I. The van der Waals surface area contributed by atoms with Crippen LogP contribution in [0.25, 0.3) is 11.0 Å². The molecule has 0 spiro atoms. The molecule has 138 valence electrons. The Balaban J connectivity index is 0.00000243. The number of furan rings is 1. The summed E-state index contributed by atoms with van der Waals surface area (Å²) in [5, 5.41) is 8.19. The highest BCUT2D eigenvalue weighted by Gasteiger charge is 2.10. The number of hydrogen-bond donors (Lipinski definition) is 2. The molecule has 0 unspecified atom stereocenters. The molecule has 0 atom stereocenters. The first-order chi connectivity index (χ1) is 12.2. The van der Waals surface area contributed by atoms with Gasteiger partial charge in [0, 0.05) is 23.7 Å². The second-order valence-corrected chi connectivity index (χ2v) is 6.07. The van der Waals surface area contributed by atoms with Gasteiger partial charge >= 0.3 is 0 Å². The molecule has 0 fully saturated rings. The quantitative estimate of drug-likeness (QED) is 0.239. The maximum atomic E-state index is 5.93. The molecule has 0 amide bonds. The molecular formula is C19H22ClIN4O. The summed E-state index contributed by atoms with van der Waals surface area (Å²) in [4.78, 5) is 8.65. The number of aromatic nitrogens is 1. The Hall–Kier alpha value is -1.80. The maximum Gasteiger partial charge on any atom is 0.191 e. The van der Waals surface area contributed by atoms with Crippen molar-refractivity contribution in [2.75, 3.05) is 6.54 Å². The summed E-state index contributed by atoms with van der Waals surface area (Å²) in [5.74, 6) is 1.65. The van der Waals surface area contributed by atoms with Crippen molar-refractivity contribution in [3.8, 4) is 0 Å². The highest BCUT2D eigenvalue weighted by molar-refractivity contribution is 14.0. The molecule has 0 aliphatic rings. The van der Waals surface area contributed by atoms with Crippen molar-refractivity contribution >= 4 is 52.5 Å². The highest BCUT2D eigenvalue weighted by Crippen LogP contribution is 2.24. The van der Waals surface area contributed by atoms with Crippen LogP contribution in [0, 0.1) is 6.92 Å². The minimum absolute atomic E-state index is 0. The van der Waals surface area contributed by atoms with Crippen LogP contribution >= 0.6 is 35.6 Å². The third kappa shape index (κ3) is 5.11. The van der Waals surface area contributed by atoms with Crippen LogP contribution in [0.15, 0.2) is 52.0 Å². The first kappa shape index (κ1) is 20.5. The van der Waals surface area contributed by atoms with E-state index >= 15 is 0 Å². The molecular weight excluding hydrogens is 463 g/mol. The van der Waals surface area contributed by atoms with Gasteiger partial charge in [0.1, 0.15) is 16.5 Å². The van der Waals surface area contributed by atoms with Gasteiger partial charge in [0.2, 0.25) is 0 Å². The van der Waals surface area contributed by atoms with Crippen molar-refractivity contribution in [3.63, 3.8) is 0 Å². The number of benzene rings is 1. The second kappa shape index (κ2) is 9.78. The lowest BCUT2D eigenvalue weighted by atomic mass is 10.1. The van der Waals surface area contributed by atoms with Crippen molar-refractivity contribution in [3.05, 3.63) is 64.6 Å². The number of fused-ring (bicyclic) bond motifs is 1. The van der Waals surface area contributed by atoms with Crippen LogP contribution in [-0.4, -0.2) is 17.5 Å². The summed E-state index contributed by atoms with van der Waals surface area (Å²) in [5.41, 5.74) is 3.06. The smallest absolute Gasteiger partial charge is 0.191 e. The molecule has 0 saturated heterocycles. The number of aliphatic imine (C=N–C) groups is 1. The Morgan fingerprint density at radius 2 is 2.00 bits per heavy atom. The number of para-hydroxylation sites is 1. The van der Waals surface area contributed by atoms with E-state index in [1.54, 1.807) is 12.3 Å². The highest BCUT2D eigenvalue weighted by atomic mass is 127. The molecule has 3 aromatic rings. The van der Waals surface area contributed by atoms with Crippen molar-refractivity contribution in [2.45, 2.75) is 26.9 Å². The first-order valence-electron chi connectivity index (χ1n) is 8.27. The van der Waals surface area contributed by atoms with Gasteiger partial charge in [-0.05, 0) is 31.5 Å². The van der Waals surface area contributed by atoms with Gasteiger partial charge in [-0.2, -0.15) is 0 Å². The molecule has 0 aliphatic carbocycles. The van der Waals surface area contributed by atoms with Gasteiger partial charge in [-0.1, -0.05) is 35.9 Å². The van der Waals surface area contributed by atoms with E-state index in [-0.39, 0.29) is 24.0 Å². The molecule has 2 aromatic heterocycles. The van der Waals surface area contributed by atoms with Gasteiger partial charge in [-0.15, -0.1) is 24.0 Å². The van der Waals surface area contributed by atoms with Gasteiger partial charge < -0.3 is 15.1 Å². The predicted molar refractivity (Wildman–Crippen MR) is 117 cm³/mol. The van der Waals surface area contributed by atoms with Gasteiger partial charge in [-0.25, -0.2) is 9.98 Å². The number of aryl methyl sites for hydroxylation is 1. The molecule has 3 rings (SSSR count). The fourth-order valence-corrected chi connectivity index (χ4v) is 2.68. The normalized spacial score (nSPS) is 11.3. The number of nitrogens with zero attached hydrogens (tertiary/aromatic N) is 2. The molecule has 2 N–H and O–H groups in total. The molecule has 0 bridgehead atoms. The number of nitrogens with one attached hydrogen (secondary N) is 2. The van der Waals surface area contributed by atoms with Crippen LogP contribution in [0.4, 0.5) is 0 Å². The zero-order valence-corrected chi connectivity index (χ0v) is 17.8. The van der Waals surface area contributed by atoms with E-state index in [0.717, 1.165) is 40.4 Å². The van der Waals surface area contributed by atoms with Crippen molar-refractivity contribution < 1.29 is 4.42 Å². The Morgan fingerprint density at radius 3 is 2.69 bits per heavy atom. The van der Waals surface area contributed by atoms with E-state index in [4.69, 9.17) is 16.0 Å². The minimum Gasteiger partial charge on any atom is -0.459 e. The zero-order chi connectivity index (χ0) is 17.6. The number of pyridine rings is 1. The third-order valence-corrected chi connectivity index (χ3v) is 4.14. The lowest BCUT2D eigenvalue weighted by Crippen LogP contribution is -2.36. The van der Waals surface area contributed by atoms with Gasteiger partial charge in [0.15, 0.2) is 5.96 Å². The molecule has 7 heteroatoms. The monoisotopic (exact) mass is 484 g/mol. The Kier molecular flexibility index (Phi) is 7.71. The summed E-state index contributed by atoms with van der Waals surface area (Å²) in [6, 6.07) is 11.8. The van der Waals surface area contributed by atoms with Gasteiger partial charge in [0.25, 0.3) is 0 Å². The molecule has 0 radical (unpaired) electrons. The average Bonchev–Trinajstić information content (AvgIpc) is 2.95. The summed E-state index contributed by atoms with van der Waals surface area (Å²) < 4.78 is 5.93. The average molecular weight is 485 g/mol. The minimum atomic E-state index is 0. The summed E-state index contributed by atoms with van der Waals surface area (Å²) in [6.45, 7) is 5.99. The zero-order valence-electron chi connectivity index (χ0n) is 14.8. The van der Waals surface area contributed by atoms with Crippen molar-refractivity contribution in [1.29, 1.82) is 0 Å². The van der Waals surface area contributed by atoms with Crippen LogP contribution in [0.2, 0.25) is 5.15 Å². The third-order valence-electron chi connectivity index (χ3n) is 3.91. The number of guanidine groups is 1. The molecule has 1 aromatic carbocycles. The van der Waals surface area contributed by atoms with Crippen molar-refractivity contribution in [2.24, 2.45) is 4.99 Å². The predicted octanol–water partition coefficient (Wildman–Crippen LogP) is 4.66. The first-order valence-corrected chi connectivity index (χ1v) is 8.64. The molecule has 5 nitrogen and oxygen atoms in total. The lowest BCUT2D eigenvalue weighted by Gasteiger charge is -2.10. The molecule has 0 aliphatic heterocycles. The van der Waals surface area contributed by atoms with E-state index in [9.17, 15) is 0 Å². The van der Waals surface area contributed by atoms with E-state index in [2.05, 4.69) is 33.6 Å². The van der Waals surface area contributed by atoms with Crippen molar-refractivity contribution in [1.82, 2.24) is 15.6 Å². The van der Waals surface area contributed by atoms with Crippen LogP contribution in [0.1, 0.15) is 23.8 Å². The summed E-state index contributed by atoms with van der Waals surface area (Å²) >= 11 is 5.81. The largest absolute Gasteiger partial charge is 0.459 e. The summed E-state index contributed by atoms with van der Waals surface area (Å²) in [6.07, 6.45) is 1.73. The molecule has 2 heterocycles. The lowest BCUT2D eigenvalue weighted by molar-refractivity contribution is 0.534. The molecule has 26 heavy (non-hydrogen) atoms. The number of hydrogen-bond acceptors (Lipinski definition) is 3. The van der Waals surface area contributed by atoms with E-state index in [0.29, 0.717) is 18.2 Å². The second-order valence-electron chi connectivity index (χ2n) is 5.68. The Bertz CT molecular complexity index is 877.